The highest BCUT2D eigenvalue weighted by Crippen LogP contribution is 2.37. The van der Waals surface area contributed by atoms with Gasteiger partial charge < -0.3 is 9.51 Å². The van der Waals surface area contributed by atoms with Crippen LogP contribution in [0.5, 0.6) is 0 Å². The molecular weight excluding hydrogens is 334 g/mol. The lowest BCUT2D eigenvalue weighted by Gasteiger charge is -2.07. The van der Waals surface area contributed by atoms with E-state index < -0.39 is 0 Å². The molecule has 0 aliphatic heterocycles. The van der Waals surface area contributed by atoms with Gasteiger partial charge in [0, 0.05) is 33.6 Å². The van der Waals surface area contributed by atoms with Gasteiger partial charge in [0.15, 0.2) is 0 Å². The predicted molar refractivity (Wildman–Crippen MR) is 109 cm³/mol. The molecule has 132 valence electrons. The molecule has 1 N–H and O–H groups in total. The highest BCUT2D eigenvalue weighted by molar-refractivity contribution is 6.14. The Morgan fingerprint density at radius 3 is 2.48 bits per heavy atom. The second kappa shape index (κ2) is 5.81. The van der Waals surface area contributed by atoms with E-state index in [-0.39, 0.29) is 0 Å². The molecular formula is C23H19N3O. The standard InChI is InChI=1S/C23H19N3O/c1-13-11-18-20(12-17(13)21-14(2)26-27-15(21)3)25-19-9-10-24-23(22(18)19)16-7-5-4-6-8-16/h4-12,25H,1-3H3. The third-order valence-corrected chi connectivity index (χ3v) is 5.20. The van der Waals surface area contributed by atoms with E-state index in [0.717, 1.165) is 50.3 Å². The molecule has 4 heteroatoms. The summed E-state index contributed by atoms with van der Waals surface area (Å²) in [5, 5.41) is 6.46. The minimum Gasteiger partial charge on any atom is -0.361 e. The second-order valence-electron chi connectivity index (χ2n) is 6.99. The van der Waals surface area contributed by atoms with Crippen molar-refractivity contribution in [1.29, 1.82) is 0 Å². The fourth-order valence-electron chi connectivity index (χ4n) is 3.95. The molecule has 0 spiro atoms. The van der Waals surface area contributed by atoms with Gasteiger partial charge in [-0.25, -0.2) is 0 Å². The van der Waals surface area contributed by atoms with Gasteiger partial charge >= 0.3 is 0 Å². The Morgan fingerprint density at radius 2 is 1.74 bits per heavy atom. The van der Waals surface area contributed by atoms with Crippen LogP contribution in [0.15, 0.2) is 59.3 Å². The van der Waals surface area contributed by atoms with Crippen molar-refractivity contribution in [2.45, 2.75) is 20.8 Å². The van der Waals surface area contributed by atoms with Gasteiger partial charge in [-0.1, -0.05) is 35.5 Å². The number of aromatic nitrogens is 3. The van der Waals surface area contributed by atoms with Crippen LogP contribution in [0.1, 0.15) is 17.0 Å². The molecule has 0 amide bonds. The van der Waals surface area contributed by atoms with E-state index in [1.807, 2.05) is 44.3 Å². The second-order valence-corrected chi connectivity index (χ2v) is 6.99. The Kier molecular flexibility index (Phi) is 3.41. The summed E-state index contributed by atoms with van der Waals surface area (Å²) in [6.07, 6.45) is 1.86. The van der Waals surface area contributed by atoms with Crippen LogP contribution in [0, 0.1) is 20.8 Å². The smallest absolute Gasteiger partial charge is 0.141 e. The van der Waals surface area contributed by atoms with E-state index >= 15 is 0 Å². The number of hydrogen-bond donors (Lipinski definition) is 1. The molecule has 4 nitrogen and oxygen atoms in total. The summed E-state index contributed by atoms with van der Waals surface area (Å²) in [5.74, 6) is 0.845. The fraction of sp³-hybridized carbons (Fsp3) is 0.130. The monoisotopic (exact) mass is 353 g/mol. The zero-order chi connectivity index (χ0) is 18.5. The van der Waals surface area contributed by atoms with Crippen molar-refractivity contribution in [3.8, 4) is 22.4 Å². The Balaban J connectivity index is 1.83. The summed E-state index contributed by atoms with van der Waals surface area (Å²) in [6.45, 7) is 6.08. The highest BCUT2D eigenvalue weighted by Gasteiger charge is 2.17. The van der Waals surface area contributed by atoms with Crippen molar-refractivity contribution in [3.05, 3.63) is 71.7 Å². The van der Waals surface area contributed by atoms with Crippen LogP contribution in [-0.2, 0) is 0 Å². The summed E-state index contributed by atoms with van der Waals surface area (Å²) >= 11 is 0. The van der Waals surface area contributed by atoms with E-state index in [0.29, 0.717) is 0 Å². The summed E-state index contributed by atoms with van der Waals surface area (Å²) < 4.78 is 5.38. The van der Waals surface area contributed by atoms with Crippen LogP contribution in [0.3, 0.4) is 0 Å². The average Bonchev–Trinajstić information content (AvgIpc) is 3.21. The number of aryl methyl sites for hydroxylation is 3. The van der Waals surface area contributed by atoms with Gasteiger partial charge in [0.1, 0.15) is 5.76 Å². The maximum absolute atomic E-state index is 5.38. The van der Waals surface area contributed by atoms with Crippen LogP contribution < -0.4 is 0 Å². The van der Waals surface area contributed by atoms with Gasteiger partial charge in [-0.15, -0.1) is 0 Å². The van der Waals surface area contributed by atoms with E-state index in [4.69, 9.17) is 4.52 Å². The summed E-state index contributed by atoms with van der Waals surface area (Å²) in [5.41, 5.74) is 8.65. The normalized spacial score (nSPS) is 11.5. The Bertz CT molecular complexity index is 1280. The quantitative estimate of drug-likeness (QED) is 0.426. The maximum atomic E-state index is 5.38. The summed E-state index contributed by atoms with van der Waals surface area (Å²) in [4.78, 5) is 8.25. The van der Waals surface area contributed by atoms with Gasteiger partial charge in [-0.05, 0) is 50.1 Å². The molecule has 0 radical (unpaired) electrons. The topological polar surface area (TPSA) is 54.7 Å². The van der Waals surface area contributed by atoms with Gasteiger partial charge in [-0.2, -0.15) is 0 Å². The molecule has 2 aromatic carbocycles. The first kappa shape index (κ1) is 15.8. The minimum absolute atomic E-state index is 0.845. The number of aromatic amines is 1. The number of hydrogen-bond acceptors (Lipinski definition) is 3. The lowest BCUT2D eigenvalue weighted by Crippen LogP contribution is -1.87. The number of H-pyrrole nitrogens is 1. The van der Waals surface area contributed by atoms with E-state index in [1.54, 1.807) is 0 Å². The molecule has 0 aliphatic rings. The summed E-state index contributed by atoms with van der Waals surface area (Å²) in [6, 6.07) is 16.8. The molecule has 0 aliphatic carbocycles. The van der Waals surface area contributed by atoms with Gasteiger partial charge in [-0.3, -0.25) is 4.98 Å². The minimum atomic E-state index is 0.845. The molecule has 0 bridgehead atoms. The number of nitrogens with zero attached hydrogens (tertiary/aromatic N) is 2. The zero-order valence-corrected chi connectivity index (χ0v) is 15.5. The number of benzene rings is 2. The van der Waals surface area contributed by atoms with Crippen LogP contribution in [0.2, 0.25) is 0 Å². The van der Waals surface area contributed by atoms with Gasteiger partial charge in [0.25, 0.3) is 0 Å². The van der Waals surface area contributed by atoms with Gasteiger partial charge in [0.2, 0.25) is 0 Å². The SMILES string of the molecule is Cc1cc2c(cc1-c1c(C)noc1C)[nH]c1ccnc(-c3ccccc3)c12. The number of fused-ring (bicyclic) bond motifs is 3. The molecule has 0 fully saturated rings. The molecule has 0 atom stereocenters. The Labute approximate surface area is 156 Å². The van der Waals surface area contributed by atoms with Crippen molar-refractivity contribution in [2.24, 2.45) is 0 Å². The summed E-state index contributed by atoms with van der Waals surface area (Å²) in [7, 11) is 0. The third kappa shape index (κ3) is 2.37. The lowest BCUT2D eigenvalue weighted by atomic mass is 9.96. The molecule has 27 heavy (non-hydrogen) atoms. The molecule has 3 aromatic heterocycles. The zero-order valence-electron chi connectivity index (χ0n) is 15.5. The number of rotatable bonds is 2. The molecule has 5 rings (SSSR count). The first-order valence-corrected chi connectivity index (χ1v) is 9.03. The first-order valence-electron chi connectivity index (χ1n) is 9.03. The van der Waals surface area contributed by atoms with Crippen LogP contribution in [0.25, 0.3) is 44.2 Å². The third-order valence-electron chi connectivity index (χ3n) is 5.20. The Hall–Kier alpha value is -3.40. The molecule has 5 aromatic rings. The van der Waals surface area contributed by atoms with Crippen LogP contribution in [-0.4, -0.2) is 15.1 Å². The number of nitrogens with one attached hydrogen (secondary N) is 1. The largest absolute Gasteiger partial charge is 0.361 e. The van der Waals surface area contributed by atoms with Crippen molar-refractivity contribution < 1.29 is 4.52 Å². The highest BCUT2D eigenvalue weighted by atomic mass is 16.5. The lowest BCUT2D eigenvalue weighted by molar-refractivity contribution is 0.393. The van der Waals surface area contributed by atoms with E-state index in [1.165, 1.54) is 10.9 Å². The Morgan fingerprint density at radius 1 is 0.926 bits per heavy atom. The molecule has 0 saturated heterocycles. The number of pyridine rings is 1. The maximum Gasteiger partial charge on any atom is 0.141 e. The van der Waals surface area contributed by atoms with Crippen molar-refractivity contribution in [2.75, 3.05) is 0 Å². The molecule has 3 heterocycles. The van der Waals surface area contributed by atoms with Crippen LogP contribution >= 0.6 is 0 Å². The van der Waals surface area contributed by atoms with E-state index in [9.17, 15) is 0 Å². The van der Waals surface area contributed by atoms with Crippen molar-refractivity contribution in [1.82, 2.24) is 15.1 Å². The van der Waals surface area contributed by atoms with Crippen molar-refractivity contribution >= 4 is 21.8 Å². The van der Waals surface area contributed by atoms with Crippen LogP contribution in [0.4, 0.5) is 0 Å². The predicted octanol–water partition coefficient (Wildman–Crippen LogP) is 5.96. The molecule has 0 unspecified atom stereocenters. The first-order chi connectivity index (χ1) is 13.1. The van der Waals surface area contributed by atoms with E-state index in [2.05, 4.69) is 46.3 Å². The fourth-order valence-corrected chi connectivity index (χ4v) is 3.95. The molecule has 0 saturated carbocycles. The van der Waals surface area contributed by atoms with Crippen molar-refractivity contribution in [3.63, 3.8) is 0 Å². The average molecular weight is 353 g/mol. The van der Waals surface area contributed by atoms with Gasteiger partial charge in [0.05, 0.1) is 16.9 Å².